The molecule has 0 radical (unpaired) electrons. The molecule has 1 aromatic rings. The van der Waals surface area contributed by atoms with E-state index in [0.717, 1.165) is 6.08 Å². The number of rotatable bonds is 4. The second kappa shape index (κ2) is 8.09. The van der Waals surface area contributed by atoms with Crippen LogP contribution in [0.25, 0.3) is 6.08 Å². The standard InChI is InChI=1S/C16H18BrFN2O4S/c1-11(16(22)20-6-8-25(23,24)9-7-20)19-15(21)5-2-12-10-13(17)3-4-14(12)18/h2-5,10-11H,6-9H2,1H3,(H,19,21)/b5-2+. The molecule has 1 fully saturated rings. The molecule has 136 valence electrons. The van der Waals surface area contributed by atoms with Crippen molar-refractivity contribution >= 4 is 43.7 Å². The molecule has 0 saturated carbocycles. The van der Waals surface area contributed by atoms with Crippen molar-refractivity contribution in [2.45, 2.75) is 13.0 Å². The van der Waals surface area contributed by atoms with Gasteiger partial charge in [0, 0.05) is 29.2 Å². The number of benzene rings is 1. The number of halogens is 2. The van der Waals surface area contributed by atoms with Crippen LogP contribution in [0.1, 0.15) is 12.5 Å². The van der Waals surface area contributed by atoms with E-state index in [1.54, 1.807) is 6.07 Å². The lowest BCUT2D eigenvalue weighted by atomic mass is 10.2. The number of nitrogens with zero attached hydrogens (tertiary/aromatic N) is 1. The number of carbonyl (C=O) groups is 2. The fourth-order valence-electron chi connectivity index (χ4n) is 2.34. The fourth-order valence-corrected chi connectivity index (χ4v) is 3.92. The van der Waals surface area contributed by atoms with E-state index in [9.17, 15) is 22.4 Å². The number of carbonyl (C=O) groups excluding carboxylic acids is 2. The fraction of sp³-hybridized carbons (Fsp3) is 0.375. The molecule has 9 heteroatoms. The Hall–Kier alpha value is -1.74. The van der Waals surface area contributed by atoms with Crippen molar-refractivity contribution in [2.24, 2.45) is 0 Å². The Morgan fingerprint density at radius 1 is 1.32 bits per heavy atom. The summed E-state index contributed by atoms with van der Waals surface area (Å²) in [4.78, 5) is 25.6. The number of hydrogen-bond acceptors (Lipinski definition) is 4. The summed E-state index contributed by atoms with van der Waals surface area (Å²) in [6.07, 6.45) is 2.47. The molecule has 1 aliphatic heterocycles. The minimum atomic E-state index is -3.08. The van der Waals surface area contributed by atoms with Crippen LogP contribution in [0.3, 0.4) is 0 Å². The van der Waals surface area contributed by atoms with Crippen LogP contribution in [0.4, 0.5) is 4.39 Å². The summed E-state index contributed by atoms with van der Waals surface area (Å²) in [6.45, 7) is 1.78. The second-order valence-corrected chi connectivity index (χ2v) is 8.93. The summed E-state index contributed by atoms with van der Waals surface area (Å²) in [7, 11) is -3.08. The van der Waals surface area contributed by atoms with Gasteiger partial charge in [0.1, 0.15) is 11.9 Å². The van der Waals surface area contributed by atoms with Gasteiger partial charge in [0.15, 0.2) is 9.84 Å². The van der Waals surface area contributed by atoms with Crippen molar-refractivity contribution in [2.75, 3.05) is 24.6 Å². The van der Waals surface area contributed by atoms with E-state index in [2.05, 4.69) is 21.2 Å². The average molecular weight is 433 g/mol. The Balaban J connectivity index is 1.92. The molecular weight excluding hydrogens is 415 g/mol. The molecule has 1 heterocycles. The van der Waals surface area contributed by atoms with Crippen molar-refractivity contribution in [1.82, 2.24) is 10.2 Å². The summed E-state index contributed by atoms with van der Waals surface area (Å²) in [5, 5.41) is 2.50. The van der Waals surface area contributed by atoms with E-state index in [1.807, 2.05) is 0 Å². The summed E-state index contributed by atoms with van der Waals surface area (Å²) < 4.78 is 37.1. The van der Waals surface area contributed by atoms with Crippen molar-refractivity contribution < 1.29 is 22.4 Å². The molecule has 25 heavy (non-hydrogen) atoms. The third-order valence-corrected chi connectivity index (χ3v) is 5.86. The minimum Gasteiger partial charge on any atom is -0.341 e. The van der Waals surface area contributed by atoms with Gasteiger partial charge in [-0.25, -0.2) is 12.8 Å². The molecule has 1 N–H and O–H groups in total. The van der Waals surface area contributed by atoms with Gasteiger partial charge in [-0.05, 0) is 31.2 Å². The van der Waals surface area contributed by atoms with E-state index in [4.69, 9.17) is 0 Å². The highest BCUT2D eigenvalue weighted by Crippen LogP contribution is 2.16. The molecule has 1 atom stereocenters. The monoisotopic (exact) mass is 432 g/mol. The highest BCUT2D eigenvalue weighted by Gasteiger charge is 2.28. The van der Waals surface area contributed by atoms with Crippen LogP contribution >= 0.6 is 15.9 Å². The Labute approximate surface area is 154 Å². The summed E-state index contributed by atoms with van der Waals surface area (Å²) >= 11 is 3.22. The highest BCUT2D eigenvalue weighted by atomic mass is 79.9. The molecule has 0 bridgehead atoms. The van der Waals surface area contributed by atoms with E-state index in [0.29, 0.717) is 4.47 Å². The summed E-state index contributed by atoms with van der Waals surface area (Å²) in [5.74, 6) is -1.48. The van der Waals surface area contributed by atoms with Gasteiger partial charge >= 0.3 is 0 Å². The quantitative estimate of drug-likeness (QED) is 0.728. The lowest BCUT2D eigenvalue weighted by Gasteiger charge is -2.29. The average Bonchev–Trinajstić information content (AvgIpc) is 2.55. The van der Waals surface area contributed by atoms with Gasteiger partial charge in [-0.1, -0.05) is 15.9 Å². The minimum absolute atomic E-state index is 0.0680. The zero-order chi connectivity index (χ0) is 18.6. The van der Waals surface area contributed by atoms with Crippen molar-refractivity contribution in [1.29, 1.82) is 0 Å². The number of amides is 2. The van der Waals surface area contributed by atoms with Crippen molar-refractivity contribution in [3.8, 4) is 0 Å². The Kier molecular flexibility index (Phi) is 6.34. The number of sulfone groups is 1. The number of hydrogen-bond donors (Lipinski definition) is 1. The van der Waals surface area contributed by atoms with Crippen LogP contribution in [-0.2, 0) is 19.4 Å². The summed E-state index contributed by atoms with van der Waals surface area (Å²) in [5.41, 5.74) is 0.241. The normalized spacial score (nSPS) is 18.1. The maximum Gasteiger partial charge on any atom is 0.244 e. The Morgan fingerprint density at radius 2 is 1.96 bits per heavy atom. The van der Waals surface area contributed by atoms with Crippen LogP contribution in [-0.4, -0.2) is 55.8 Å². The molecule has 1 saturated heterocycles. The van der Waals surface area contributed by atoms with Crippen molar-refractivity contribution in [3.05, 3.63) is 40.1 Å². The molecule has 1 aromatic carbocycles. The van der Waals surface area contributed by atoms with E-state index in [-0.39, 0.29) is 36.1 Å². The molecule has 0 spiro atoms. The molecule has 1 aliphatic rings. The first kappa shape index (κ1) is 19.6. The number of nitrogens with one attached hydrogen (secondary N) is 1. The zero-order valence-electron chi connectivity index (χ0n) is 13.5. The lowest BCUT2D eigenvalue weighted by molar-refractivity contribution is -0.134. The van der Waals surface area contributed by atoms with Crippen LogP contribution in [0.5, 0.6) is 0 Å². The predicted octanol–water partition coefficient (Wildman–Crippen LogP) is 1.36. The van der Waals surface area contributed by atoms with Crippen LogP contribution in [0.15, 0.2) is 28.7 Å². The molecule has 2 rings (SSSR count). The van der Waals surface area contributed by atoms with Gasteiger partial charge in [0.2, 0.25) is 11.8 Å². The maximum absolute atomic E-state index is 13.6. The van der Waals surface area contributed by atoms with E-state index >= 15 is 0 Å². The lowest BCUT2D eigenvalue weighted by Crippen LogP contribution is -2.51. The third kappa shape index (κ3) is 5.64. The van der Waals surface area contributed by atoms with Crippen LogP contribution < -0.4 is 5.32 Å². The van der Waals surface area contributed by atoms with E-state index < -0.39 is 27.6 Å². The molecule has 0 aromatic heterocycles. The van der Waals surface area contributed by atoms with Gasteiger partial charge < -0.3 is 10.2 Å². The largest absolute Gasteiger partial charge is 0.341 e. The summed E-state index contributed by atoms with van der Waals surface area (Å²) in [6, 6.07) is 3.55. The molecule has 0 aliphatic carbocycles. The first-order chi connectivity index (χ1) is 11.7. The second-order valence-electron chi connectivity index (χ2n) is 5.71. The van der Waals surface area contributed by atoms with Gasteiger partial charge in [0.25, 0.3) is 0 Å². The first-order valence-electron chi connectivity index (χ1n) is 7.61. The van der Waals surface area contributed by atoms with Gasteiger partial charge in [-0.3, -0.25) is 9.59 Å². The molecule has 1 unspecified atom stereocenters. The van der Waals surface area contributed by atoms with Crippen LogP contribution in [0.2, 0.25) is 0 Å². The maximum atomic E-state index is 13.6. The topological polar surface area (TPSA) is 83.6 Å². The molecular formula is C16H18BrFN2O4S. The van der Waals surface area contributed by atoms with E-state index in [1.165, 1.54) is 30.0 Å². The third-order valence-electron chi connectivity index (χ3n) is 3.76. The van der Waals surface area contributed by atoms with Crippen molar-refractivity contribution in [3.63, 3.8) is 0 Å². The van der Waals surface area contributed by atoms with Gasteiger partial charge in [-0.15, -0.1) is 0 Å². The Morgan fingerprint density at radius 3 is 2.60 bits per heavy atom. The van der Waals surface area contributed by atoms with Crippen LogP contribution in [0, 0.1) is 5.82 Å². The zero-order valence-corrected chi connectivity index (χ0v) is 15.9. The molecule has 2 amide bonds. The Bertz CT molecular complexity index is 796. The predicted molar refractivity (Wildman–Crippen MR) is 96.0 cm³/mol. The SMILES string of the molecule is CC(NC(=O)/C=C/c1cc(Br)ccc1F)C(=O)N1CCS(=O)(=O)CC1. The molecule has 6 nitrogen and oxygen atoms in total. The van der Waals surface area contributed by atoms with Gasteiger partial charge in [0.05, 0.1) is 11.5 Å². The first-order valence-corrected chi connectivity index (χ1v) is 10.2. The highest BCUT2D eigenvalue weighted by molar-refractivity contribution is 9.10. The van der Waals surface area contributed by atoms with Gasteiger partial charge in [-0.2, -0.15) is 0 Å². The smallest absolute Gasteiger partial charge is 0.244 e.